The predicted octanol–water partition coefficient (Wildman–Crippen LogP) is 2.12. The molecule has 2 aliphatic heterocycles. The van der Waals surface area contributed by atoms with E-state index in [0.717, 1.165) is 43.7 Å². The highest BCUT2D eigenvalue weighted by molar-refractivity contribution is 5.82. The molecule has 0 aromatic heterocycles. The summed E-state index contributed by atoms with van der Waals surface area (Å²) in [5.41, 5.74) is 0. The zero-order chi connectivity index (χ0) is 11.0. The molecule has 0 bridgehead atoms. The Balaban J connectivity index is 1.59. The van der Waals surface area contributed by atoms with Crippen molar-refractivity contribution < 1.29 is 4.74 Å². The molecule has 1 saturated carbocycles. The molecular weight excluding hydrogens is 200 g/mol. The van der Waals surface area contributed by atoms with Crippen molar-refractivity contribution in [1.82, 2.24) is 4.90 Å². The molecule has 3 nitrogen and oxygen atoms in total. The predicted molar refractivity (Wildman–Crippen MR) is 63.7 cm³/mol. The van der Waals surface area contributed by atoms with Crippen LogP contribution in [-0.2, 0) is 4.74 Å². The molecule has 0 amide bonds. The molecule has 0 aromatic carbocycles. The van der Waals surface area contributed by atoms with Crippen molar-refractivity contribution in [3.63, 3.8) is 0 Å². The maximum absolute atomic E-state index is 8.33. The third kappa shape index (κ3) is 1.86. The Morgan fingerprint density at radius 1 is 1.00 bits per heavy atom. The lowest BCUT2D eigenvalue weighted by Crippen LogP contribution is -2.37. The fourth-order valence-electron chi connectivity index (χ4n) is 3.66. The lowest BCUT2D eigenvalue weighted by molar-refractivity contribution is 0.0798. The molecule has 2 saturated heterocycles. The second kappa shape index (κ2) is 4.36. The standard InChI is InChI=1S/C13H22N2O/c14-13(10-4-6-16-7-5-10)15-8-11-2-1-3-12(11)9-15/h10-12,14H,1-9H2. The molecule has 3 fully saturated rings. The van der Waals surface area contributed by atoms with E-state index in [4.69, 9.17) is 10.1 Å². The SMILES string of the molecule is N=C(C1CCOCC1)N1CC2CCCC2C1. The van der Waals surface area contributed by atoms with Crippen LogP contribution in [0, 0.1) is 23.2 Å². The summed E-state index contributed by atoms with van der Waals surface area (Å²) in [6.45, 7) is 4.04. The first kappa shape index (κ1) is 10.6. The van der Waals surface area contributed by atoms with Crippen LogP contribution in [0.5, 0.6) is 0 Å². The molecule has 3 heteroatoms. The minimum absolute atomic E-state index is 0.479. The van der Waals surface area contributed by atoms with Crippen molar-refractivity contribution in [3.8, 4) is 0 Å². The van der Waals surface area contributed by atoms with E-state index in [-0.39, 0.29) is 0 Å². The Morgan fingerprint density at radius 2 is 1.62 bits per heavy atom. The largest absolute Gasteiger partial charge is 0.381 e. The second-order valence-electron chi connectivity index (χ2n) is 5.63. The second-order valence-corrected chi connectivity index (χ2v) is 5.63. The third-order valence-electron chi connectivity index (χ3n) is 4.67. The van der Waals surface area contributed by atoms with E-state index in [2.05, 4.69) is 4.90 Å². The van der Waals surface area contributed by atoms with E-state index < -0.39 is 0 Å². The van der Waals surface area contributed by atoms with Gasteiger partial charge in [-0.05, 0) is 37.5 Å². The number of nitrogens with one attached hydrogen (secondary N) is 1. The lowest BCUT2D eigenvalue weighted by Gasteiger charge is -2.29. The van der Waals surface area contributed by atoms with Crippen molar-refractivity contribution in [1.29, 1.82) is 5.41 Å². The van der Waals surface area contributed by atoms with E-state index in [1.165, 1.54) is 32.4 Å². The first-order valence-electron chi connectivity index (χ1n) is 6.75. The Labute approximate surface area is 97.7 Å². The van der Waals surface area contributed by atoms with Gasteiger partial charge in [0.15, 0.2) is 0 Å². The van der Waals surface area contributed by atoms with Crippen molar-refractivity contribution in [2.24, 2.45) is 17.8 Å². The minimum Gasteiger partial charge on any atom is -0.381 e. The van der Waals surface area contributed by atoms with Crippen LogP contribution in [0.2, 0.25) is 0 Å². The summed E-state index contributed by atoms with van der Waals surface area (Å²) >= 11 is 0. The summed E-state index contributed by atoms with van der Waals surface area (Å²) in [4.78, 5) is 2.37. The summed E-state index contributed by atoms with van der Waals surface area (Å²) in [7, 11) is 0. The molecule has 90 valence electrons. The van der Waals surface area contributed by atoms with Gasteiger partial charge in [-0.2, -0.15) is 0 Å². The number of hydrogen-bond acceptors (Lipinski definition) is 2. The maximum Gasteiger partial charge on any atom is 0.0991 e. The van der Waals surface area contributed by atoms with Crippen LogP contribution in [0.1, 0.15) is 32.1 Å². The molecule has 1 N–H and O–H groups in total. The molecule has 0 spiro atoms. The number of ether oxygens (including phenoxy) is 1. The Hall–Kier alpha value is -0.570. The Kier molecular flexibility index (Phi) is 2.88. The van der Waals surface area contributed by atoms with Gasteiger partial charge in [-0.15, -0.1) is 0 Å². The zero-order valence-electron chi connectivity index (χ0n) is 9.95. The van der Waals surface area contributed by atoms with Gasteiger partial charge in [0.05, 0.1) is 5.84 Å². The summed E-state index contributed by atoms with van der Waals surface area (Å²) in [6.07, 6.45) is 6.35. The Morgan fingerprint density at radius 3 is 2.25 bits per heavy atom. The normalized spacial score (nSPS) is 35.4. The number of hydrogen-bond donors (Lipinski definition) is 1. The third-order valence-corrected chi connectivity index (χ3v) is 4.67. The summed E-state index contributed by atoms with van der Waals surface area (Å²) in [5.74, 6) is 3.20. The summed E-state index contributed by atoms with van der Waals surface area (Å²) < 4.78 is 5.37. The van der Waals surface area contributed by atoms with Crippen LogP contribution in [0.25, 0.3) is 0 Å². The average molecular weight is 222 g/mol. The van der Waals surface area contributed by atoms with Crippen molar-refractivity contribution in [2.75, 3.05) is 26.3 Å². The number of rotatable bonds is 1. The van der Waals surface area contributed by atoms with E-state index in [9.17, 15) is 0 Å². The topological polar surface area (TPSA) is 36.3 Å². The smallest absolute Gasteiger partial charge is 0.0991 e. The maximum atomic E-state index is 8.33. The fraction of sp³-hybridized carbons (Fsp3) is 0.923. The number of likely N-dealkylation sites (tertiary alicyclic amines) is 1. The molecule has 16 heavy (non-hydrogen) atoms. The van der Waals surface area contributed by atoms with E-state index in [1.807, 2.05) is 0 Å². The van der Waals surface area contributed by atoms with Gasteiger partial charge in [0.1, 0.15) is 0 Å². The molecule has 0 radical (unpaired) electrons. The molecule has 1 aliphatic carbocycles. The Bertz CT molecular complexity index is 261. The molecular formula is C13H22N2O. The molecule has 0 aromatic rings. The number of nitrogens with zero attached hydrogens (tertiary/aromatic N) is 1. The van der Waals surface area contributed by atoms with Crippen LogP contribution in [0.4, 0.5) is 0 Å². The first-order valence-corrected chi connectivity index (χ1v) is 6.75. The molecule has 3 rings (SSSR count). The van der Waals surface area contributed by atoms with Crippen molar-refractivity contribution in [3.05, 3.63) is 0 Å². The highest BCUT2D eigenvalue weighted by atomic mass is 16.5. The average Bonchev–Trinajstić information content (AvgIpc) is 2.89. The van der Waals surface area contributed by atoms with Crippen molar-refractivity contribution >= 4 is 5.84 Å². The van der Waals surface area contributed by atoms with E-state index in [0.29, 0.717) is 5.92 Å². The van der Waals surface area contributed by atoms with Crippen LogP contribution in [0.15, 0.2) is 0 Å². The molecule has 2 atom stereocenters. The van der Waals surface area contributed by atoms with Crippen LogP contribution in [0.3, 0.4) is 0 Å². The quantitative estimate of drug-likeness (QED) is 0.545. The van der Waals surface area contributed by atoms with Gasteiger partial charge >= 0.3 is 0 Å². The van der Waals surface area contributed by atoms with Gasteiger partial charge in [0.2, 0.25) is 0 Å². The molecule has 3 aliphatic rings. The monoisotopic (exact) mass is 222 g/mol. The van der Waals surface area contributed by atoms with Crippen LogP contribution in [-0.4, -0.2) is 37.0 Å². The van der Waals surface area contributed by atoms with Gasteiger partial charge in [-0.1, -0.05) is 6.42 Å². The van der Waals surface area contributed by atoms with Gasteiger partial charge in [0.25, 0.3) is 0 Å². The number of fused-ring (bicyclic) bond motifs is 1. The molecule has 2 heterocycles. The fourth-order valence-corrected chi connectivity index (χ4v) is 3.66. The molecule has 2 unspecified atom stereocenters. The van der Waals surface area contributed by atoms with Gasteiger partial charge in [-0.3, -0.25) is 5.41 Å². The highest BCUT2D eigenvalue weighted by Gasteiger charge is 2.38. The number of amidine groups is 1. The van der Waals surface area contributed by atoms with Crippen molar-refractivity contribution in [2.45, 2.75) is 32.1 Å². The first-order chi connectivity index (χ1) is 7.84. The summed E-state index contributed by atoms with van der Waals surface area (Å²) in [5, 5.41) is 8.33. The van der Waals surface area contributed by atoms with Crippen LogP contribution < -0.4 is 0 Å². The van der Waals surface area contributed by atoms with Gasteiger partial charge < -0.3 is 9.64 Å². The minimum atomic E-state index is 0.479. The highest BCUT2D eigenvalue weighted by Crippen LogP contribution is 2.38. The lowest BCUT2D eigenvalue weighted by atomic mass is 9.98. The van der Waals surface area contributed by atoms with Gasteiger partial charge in [0, 0.05) is 32.2 Å². The van der Waals surface area contributed by atoms with E-state index in [1.54, 1.807) is 0 Å². The van der Waals surface area contributed by atoms with Gasteiger partial charge in [-0.25, -0.2) is 0 Å². The van der Waals surface area contributed by atoms with E-state index >= 15 is 0 Å². The van der Waals surface area contributed by atoms with Crippen LogP contribution >= 0.6 is 0 Å². The summed E-state index contributed by atoms with van der Waals surface area (Å²) in [6, 6.07) is 0. The zero-order valence-corrected chi connectivity index (χ0v) is 9.95.